The molecule has 0 radical (unpaired) electrons. The summed E-state index contributed by atoms with van der Waals surface area (Å²) in [7, 11) is 2.18. The highest BCUT2D eigenvalue weighted by Crippen LogP contribution is 2.38. The van der Waals surface area contributed by atoms with Gasteiger partial charge >= 0.3 is 0 Å². The average molecular weight is 384 g/mol. The van der Waals surface area contributed by atoms with Crippen molar-refractivity contribution >= 4 is 11.4 Å². The number of aromatic nitrogens is 2. The lowest BCUT2D eigenvalue weighted by atomic mass is 9.92. The quantitative estimate of drug-likeness (QED) is 0.706. The topological polar surface area (TPSA) is 53.5 Å². The molecule has 0 atom stereocenters. The molecule has 0 bridgehead atoms. The zero-order valence-corrected chi connectivity index (χ0v) is 17.6. The molecule has 6 nitrogen and oxygen atoms in total. The molecule has 1 aliphatic heterocycles. The first kappa shape index (κ1) is 20.4. The highest BCUT2D eigenvalue weighted by Gasteiger charge is 2.29. The molecule has 0 saturated heterocycles. The van der Waals surface area contributed by atoms with Crippen LogP contribution in [0.2, 0.25) is 0 Å². The van der Waals surface area contributed by atoms with Gasteiger partial charge in [-0.05, 0) is 49.1 Å². The van der Waals surface area contributed by atoms with Crippen molar-refractivity contribution in [1.82, 2.24) is 15.5 Å². The van der Waals surface area contributed by atoms with Gasteiger partial charge in [-0.3, -0.25) is 0 Å². The van der Waals surface area contributed by atoms with Crippen LogP contribution in [0.4, 0.5) is 11.4 Å². The Morgan fingerprint density at radius 2 is 2.00 bits per heavy atom. The van der Waals surface area contributed by atoms with Crippen molar-refractivity contribution in [3.8, 4) is 5.75 Å². The number of ether oxygens (including phenoxy) is 1. The molecule has 1 aromatic heterocycles. The van der Waals surface area contributed by atoms with E-state index < -0.39 is 0 Å². The zero-order valence-electron chi connectivity index (χ0n) is 17.6. The van der Waals surface area contributed by atoms with E-state index >= 15 is 0 Å². The minimum atomic E-state index is 0.251. The van der Waals surface area contributed by atoms with Gasteiger partial charge in [0.15, 0.2) is 0 Å². The Bertz CT molecular complexity index is 750. The largest absolute Gasteiger partial charge is 0.493 e. The van der Waals surface area contributed by atoms with E-state index in [0.29, 0.717) is 6.61 Å². The number of nitrogens with one attached hydrogen (secondary N) is 1. The second-order valence-electron chi connectivity index (χ2n) is 8.31. The summed E-state index contributed by atoms with van der Waals surface area (Å²) in [4.78, 5) is 4.84. The van der Waals surface area contributed by atoms with Crippen LogP contribution >= 0.6 is 0 Å². The summed E-state index contributed by atoms with van der Waals surface area (Å²) in [5, 5.41) is 11.1. The molecule has 3 rings (SSSR count). The maximum absolute atomic E-state index is 6.03. The molecule has 0 amide bonds. The van der Waals surface area contributed by atoms with Crippen molar-refractivity contribution in [2.45, 2.75) is 33.7 Å². The van der Waals surface area contributed by atoms with E-state index in [9.17, 15) is 0 Å². The SMILES string of the molecule is CCN1CC(C)(C)CN(C)c2cc(OCCCNCc3ccnnc3)ccc21. The van der Waals surface area contributed by atoms with E-state index in [-0.39, 0.29) is 5.41 Å². The van der Waals surface area contributed by atoms with E-state index in [4.69, 9.17) is 4.74 Å². The van der Waals surface area contributed by atoms with Crippen LogP contribution in [0, 0.1) is 5.41 Å². The second kappa shape index (κ2) is 9.24. The Morgan fingerprint density at radius 3 is 2.75 bits per heavy atom. The first-order valence-corrected chi connectivity index (χ1v) is 10.2. The molecule has 28 heavy (non-hydrogen) atoms. The Morgan fingerprint density at radius 1 is 1.14 bits per heavy atom. The van der Waals surface area contributed by atoms with Crippen LogP contribution in [0.1, 0.15) is 32.8 Å². The molecule has 152 valence electrons. The van der Waals surface area contributed by atoms with Gasteiger partial charge in [0.05, 0.1) is 24.2 Å². The molecular weight excluding hydrogens is 350 g/mol. The Labute approximate surface area is 168 Å². The van der Waals surface area contributed by atoms with Crippen molar-refractivity contribution < 1.29 is 4.74 Å². The lowest BCUT2D eigenvalue weighted by Crippen LogP contribution is -2.37. The minimum Gasteiger partial charge on any atom is -0.493 e. The first-order valence-electron chi connectivity index (χ1n) is 10.2. The fourth-order valence-electron chi connectivity index (χ4n) is 3.87. The molecule has 0 fully saturated rings. The summed E-state index contributed by atoms with van der Waals surface area (Å²) < 4.78 is 6.03. The summed E-state index contributed by atoms with van der Waals surface area (Å²) in [6, 6.07) is 8.48. The van der Waals surface area contributed by atoms with Crippen molar-refractivity contribution in [2.24, 2.45) is 5.41 Å². The Balaban J connectivity index is 1.52. The number of nitrogens with zero attached hydrogens (tertiary/aromatic N) is 4. The Hall–Kier alpha value is -2.34. The van der Waals surface area contributed by atoms with E-state index in [1.54, 1.807) is 12.4 Å². The van der Waals surface area contributed by atoms with Gasteiger partial charge in [-0.1, -0.05) is 13.8 Å². The average Bonchev–Trinajstić information content (AvgIpc) is 2.78. The summed E-state index contributed by atoms with van der Waals surface area (Å²) in [6.45, 7) is 12.4. The van der Waals surface area contributed by atoms with Crippen LogP contribution < -0.4 is 19.9 Å². The highest BCUT2D eigenvalue weighted by atomic mass is 16.5. The van der Waals surface area contributed by atoms with Gasteiger partial charge in [0.2, 0.25) is 0 Å². The molecule has 1 aromatic carbocycles. The van der Waals surface area contributed by atoms with Crippen LogP contribution in [0.5, 0.6) is 5.75 Å². The molecule has 0 aliphatic carbocycles. The monoisotopic (exact) mass is 383 g/mol. The fourth-order valence-corrected chi connectivity index (χ4v) is 3.87. The lowest BCUT2D eigenvalue weighted by molar-refractivity contribution is 0.308. The maximum Gasteiger partial charge on any atom is 0.121 e. The molecule has 6 heteroatoms. The minimum absolute atomic E-state index is 0.251. The lowest BCUT2D eigenvalue weighted by Gasteiger charge is -2.30. The fraction of sp³-hybridized carbons (Fsp3) is 0.545. The van der Waals surface area contributed by atoms with Gasteiger partial charge in [-0.25, -0.2) is 0 Å². The van der Waals surface area contributed by atoms with E-state index in [0.717, 1.165) is 50.5 Å². The van der Waals surface area contributed by atoms with Crippen LogP contribution in [0.3, 0.4) is 0 Å². The number of anilines is 2. The maximum atomic E-state index is 6.03. The molecule has 1 N–H and O–H groups in total. The van der Waals surface area contributed by atoms with Crippen LogP contribution in [0.15, 0.2) is 36.7 Å². The number of fused-ring (bicyclic) bond motifs is 1. The molecule has 0 spiro atoms. The Kier molecular flexibility index (Phi) is 6.73. The van der Waals surface area contributed by atoms with Gasteiger partial charge in [0.1, 0.15) is 5.75 Å². The van der Waals surface area contributed by atoms with Crippen LogP contribution in [-0.2, 0) is 6.54 Å². The van der Waals surface area contributed by atoms with Gasteiger partial charge in [-0.15, -0.1) is 0 Å². The zero-order chi connectivity index (χ0) is 20.0. The molecule has 2 aromatic rings. The third-order valence-corrected chi connectivity index (χ3v) is 5.11. The third-order valence-electron chi connectivity index (χ3n) is 5.11. The summed E-state index contributed by atoms with van der Waals surface area (Å²) >= 11 is 0. The molecule has 1 aliphatic rings. The van der Waals surface area contributed by atoms with Crippen molar-refractivity contribution in [3.05, 3.63) is 42.2 Å². The van der Waals surface area contributed by atoms with Crippen molar-refractivity contribution in [3.63, 3.8) is 0 Å². The molecular formula is C22H33N5O. The number of hydrogen-bond acceptors (Lipinski definition) is 6. The van der Waals surface area contributed by atoms with E-state index in [1.165, 1.54) is 11.4 Å². The van der Waals surface area contributed by atoms with Gasteiger partial charge in [-0.2, -0.15) is 10.2 Å². The number of rotatable bonds is 8. The summed E-state index contributed by atoms with van der Waals surface area (Å²) in [5.41, 5.74) is 3.96. The smallest absolute Gasteiger partial charge is 0.121 e. The normalized spacial score (nSPS) is 15.9. The van der Waals surface area contributed by atoms with Crippen LogP contribution in [-0.4, -0.2) is 50.0 Å². The van der Waals surface area contributed by atoms with Crippen molar-refractivity contribution in [2.75, 3.05) is 49.6 Å². The number of hydrogen-bond donors (Lipinski definition) is 1. The van der Waals surface area contributed by atoms with E-state index in [2.05, 4.69) is 71.3 Å². The first-order chi connectivity index (χ1) is 13.5. The predicted octanol–water partition coefficient (Wildman–Crippen LogP) is 3.34. The van der Waals surface area contributed by atoms with E-state index in [1.807, 2.05) is 6.07 Å². The van der Waals surface area contributed by atoms with Gasteiger partial charge in [0.25, 0.3) is 0 Å². The van der Waals surface area contributed by atoms with Gasteiger partial charge in [0, 0.05) is 45.5 Å². The summed E-state index contributed by atoms with van der Waals surface area (Å²) in [5.74, 6) is 0.944. The molecule has 2 heterocycles. The number of benzene rings is 1. The second-order valence-corrected chi connectivity index (χ2v) is 8.31. The molecule has 0 saturated carbocycles. The molecule has 0 unspecified atom stereocenters. The van der Waals surface area contributed by atoms with Gasteiger partial charge < -0.3 is 19.9 Å². The predicted molar refractivity (Wildman–Crippen MR) is 115 cm³/mol. The summed E-state index contributed by atoms with van der Waals surface area (Å²) in [6.07, 6.45) is 4.46. The third kappa shape index (κ3) is 5.35. The van der Waals surface area contributed by atoms with Crippen molar-refractivity contribution in [1.29, 1.82) is 0 Å². The standard InChI is InChI=1S/C22H33N5O/c1-5-27-17-22(2,3)16-26(4)21-13-19(7-8-20(21)27)28-12-6-10-23-14-18-9-11-24-25-15-18/h7-9,11,13,15,23H,5-6,10,12,14,16-17H2,1-4H3. The van der Waals surface area contributed by atoms with Crippen LogP contribution in [0.25, 0.3) is 0 Å². The highest BCUT2D eigenvalue weighted by molar-refractivity contribution is 5.74.